The van der Waals surface area contributed by atoms with Crippen molar-refractivity contribution in [2.24, 2.45) is 0 Å². The molecule has 6 nitrogen and oxygen atoms in total. The maximum Gasteiger partial charge on any atom is 0.254 e. The molecule has 2 fully saturated rings. The van der Waals surface area contributed by atoms with E-state index in [1.165, 1.54) is 0 Å². The molecule has 4 rings (SSSR count). The lowest BCUT2D eigenvalue weighted by Gasteiger charge is -2.54. The number of fused-ring (bicyclic) bond motifs is 1. The monoisotopic (exact) mass is 386 g/mol. The first-order valence-electron chi connectivity index (χ1n) is 10.5. The van der Waals surface area contributed by atoms with Crippen LogP contribution in [-0.4, -0.2) is 73.7 Å². The van der Waals surface area contributed by atoms with Crippen LogP contribution in [0.1, 0.15) is 53.9 Å². The highest BCUT2D eigenvalue weighted by Gasteiger charge is 2.55. The first kappa shape index (κ1) is 19.4. The number of benzene rings is 1. The van der Waals surface area contributed by atoms with E-state index in [1.54, 1.807) is 7.11 Å². The Bertz CT molecular complexity index is 723. The van der Waals surface area contributed by atoms with Crippen molar-refractivity contribution in [3.05, 3.63) is 35.4 Å². The van der Waals surface area contributed by atoms with E-state index < -0.39 is 5.54 Å². The molecule has 28 heavy (non-hydrogen) atoms. The van der Waals surface area contributed by atoms with Gasteiger partial charge < -0.3 is 19.3 Å². The summed E-state index contributed by atoms with van der Waals surface area (Å²) in [5.41, 5.74) is 1.12. The highest BCUT2D eigenvalue weighted by molar-refractivity contribution is 6.02. The molecule has 2 aliphatic heterocycles. The Hall–Kier alpha value is -1.92. The molecule has 6 heteroatoms. The molecule has 1 spiro atoms. The summed E-state index contributed by atoms with van der Waals surface area (Å²) < 4.78 is 10.8. The van der Waals surface area contributed by atoms with Crippen molar-refractivity contribution in [1.29, 1.82) is 0 Å². The third-order valence-electron chi connectivity index (χ3n) is 6.63. The summed E-state index contributed by atoms with van der Waals surface area (Å²) in [5.74, 6) is -0.121. The predicted molar refractivity (Wildman–Crippen MR) is 105 cm³/mol. The number of amides is 2. The molecule has 1 aromatic rings. The van der Waals surface area contributed by atoms with Crippen molar-refractivity contribution in [3.63, 3.8) is 0 Å². The average molecular weight is 386 g/mol. The first-order chi connectivity index (χ1) is 13.7. The van der Waals surface area contributed by atoms with Crippen LogP contribution in [0.5, 0.6) is 0 Å². The molecule has 1 aromatic carbocycles. The minimum absolute atomic E-state index is 0.0422. The molecule has 0 bridgehead atoms. The molecule has 1 saturated carbocycles. The van der Waals surface area contributed by atoms with Crippen LogP contribution in [-0.2, 0) is 14.3 Å². The van der Waals surface area contributed by atoms with Crippen LogP contribution in [0.25, 0.3) is 0 Å². The Kier molecular flexibility index (Phi) is 5.69. The van der Waals surface area contributed by atoms with E-state index in [4.69, 9.17) is 9.47 Å². The fraction of sp³-hybridized carbons (Fsp3) is 0.636. The molecule has 2 amide bonds. The highest BCUT2D eigenvalue weighted by atomic mass is 16.5. The lowest BCUT2D eigenvalue weighted by molar-refractivity contribution is -0.142. The van der Waals surface area contributed by atoms with E-state index in [0.29, 0.717) is 45.0 Å². The summed E-state index contributed by atoms with van der Waals surface area (Å²) in [7, 11) is 1.66. The minimum atomic E-state index is -0.447. The van der Waals surface area contributed by atoms with Crippen molar-refractivity contribution < 1.29 is 19.1 Å². The number of nitrogens with zero attached hydrogens (tertiary/aromatic N) is 2. The van der Waals surface area contributed by atoms with Crippen LogP contribution < -0.4 is 0 Å². The van der Waals surface area contributed by atoms with Gasteiger partial charge >= 0.3 is 0 Å². The molecule has 3 aliphatic rings. The van der Waals surface area contributed by atoms with Gasteiger partial charge in [0.15, 0.2) is 0 Å². The average Bonchev–Trinajstić information content (AvgIpc) is 2.75. The second-order valence-electron chi connectivity index (χ2n) is 8.07. The number of hydrogen-bond donors (Lipinski definition) is 0. The molecule has 1 atom stereocenters. The summed E-state index contributed by atoms with van der Waals surface area (Å²) in [6.07, 6.45) is 5.00. The van der Waals surface area contributed by atoms with Crippen LogP contribution in [0.4, 0.5) is 0 Å². The largest absolute Gasteiger partial charge is 0.383 e. The summed E-state index contributed by atoms with van der Waals surface area (Å²) in [6, 6.07) is 7.69. The Labute approximate surface area is 166 Å². The van der Waals surface area contributed by atoms with Crippen molar-refractivity contribution in [3.8, 4) is 0 Å². The number of rotatable bonds is 4. The van der Waals surface area contributed by atoms with Gasteiger partial charge in [0.2, 0.25) is 5.91 Å². The zero-order valence-corrected chi connectivity index (χ0v) is 16.7. The van der Waals surface area contributed by atoms with Gasteiger partial charge in [0.25, 0.3) is 5.91 Å². The summed E-state index contributed by atoms with van der Waals surface area (Å²) in [6.45, 7) is 3.42. The lowest BCUT2D eigenvalue weighted by atomic mass is 9.65. The molecule has 1 saturated heterocycles. The summed E-state index contributed by atoms with van der Waals surface area (Å²) in [4.78, 5) is 31.2. The Morgan fingerprint density at radius 1 is 1.18 bits per heavy atom. The zero-order valence-electron chi connectivity index (χ0n) is 16.7. The predicted octanol–water partition coefficient (Wildman–Crippen LogP) is 2.43. The molecular weight excluding hydrogens is 356 g/mol. The van der Waals surface area contributed by atoms with E-state index in [1.807, 2.05) is 34.1 Å². The van der Waals surface area contributed by atoms with Gasteiger partial charge in [0.1, 0.15) is 0 Å². The maximum absolute atomic E-state index is 13.8. The van der Waals surface area contributed by atoms with E-state index in [0.717, 1.165) is 37.7 Å². The maximum atomic E-state index is 13.8. The molecule has 0 unspecified atom stereocenters. The van der Waals surface area contributed by atoms with Crippen molar-refractivity contribution >= 4 is 11.8 Å². The van der Waals surface area contributed by atoms with Crippen LogP contribution in [0, 0.1) is 0 Å². The molecular formula is C22H30N2O4. The van der Waals surface area contributed by atoms with Gasteiger partial charge in [-0.25, -0.2) is 0 Å². The highest BCUT2D eigenvalue weighted by Crippen LogP contribution is 2.49. The van der Waals surface area contributed by atoms with E-state index in [-0.39, 0.29) is 17.7 Å². The lowest BCUT2D eigenvalue weighted by Crippen LogP contribution is -2.63. The molecule has 152 valence electrons. The van der Waals surface area contributed by atoms with Gasteiger partial charge in [0.05, 0.1) is 31.3 Å². The third-order valence-corrected chi connectivity index (χ3v) is 6.63. The van der Waals surface area contributed by atoms with Crippen molar-refractivity contribution in [1.82, 2.24) is 9.80 Å². The second-order valence-corrected chi connectivity index (χ2v) is 8.07. The van der Waals surface area contributed by atoms with Crippen LogP contribution in [0.3, 0.4) is 0 Å². The van der Waals surface area contributed by atoms with Gasteiger partial charge in [0, 0.05) is 32.3 Å². The van der Waals surface area contributed by atoms with Gasteiger partial charge in [-0.1, -0.05) is 37.5 Å². The quantitative estimate of drug-likeness (QED) is 0.798. The number of morpholine rings is 1. The summed E-state index contributed by atoms with van der Waals surface area (Å²) >= 11 is 0. The van der Waals surface area contributed by atoms with Crippen molar-refractivity contribution in [2.75, 3.05) is 46.6 Å². The number of methoxy groups -OCH3 is 1. The van der Waals surface area contributed by atoms with Crippen LogP contribution in [0.15, 0.2) is 24.3 Å². The normalized spacial score (nSPS) is 24.3. The van der Waals surface area contributed by atoms with Gasteiger partial charge in [-0.15, -0.1) is 0 Å². The zero-order chi connectivity index (χ0) is 19.6. The van der Waals surface area contributed by atoms with Crippen LogP contribution >= 0.6 is 0 Å². The minimum Gasteiger partial charge on any atom is -0.383 e. The van der Waals surface area contributed by atoms with E-state index >= 15 is 0 Å². The Morgan fingerprint density at radius 2 is 1.89 bits per heavy atom. The topological polar surface area (TPSA) is 59.1 Å². The smallest absolute Gasteiger partial charge is 0.254 e. The molecule has 1 aliphatic carbocycles. The Balaban J connectivity index is 1.81. The van der Waals surface area contributed by atoms with E-state index in [9.17, 15) is 9.59 Å². The van der Waals surface area contributed by atoms with Gasteiger partial charge in [-0.05, 0) is 24.5 Å². The Morgan fingerprint density at radius 3 is 2.61 bits per heavy atom. The first-order valence-corrected chi connectivity index (χ1v) is 10.5. The molecule has 2 heterocycles. The molecule has 0 radical (unpaired) electrons. The molecule has 0 aromatic heterocycles. The SMILES string of the molecule is COCCN1C(=O)c2ccccc2[C@@H](C(=O)N2CCOCC2)C12CCCCC2. The van der Waals surface area contributed by atoms with Crippen LogP contribution in [0.2, 0.25) is 0 Å². The van der Waals surface area contributed by atoms with Gasteiger partial charge in [-0.3, -0.25) is 9.59 Å². The number of ether oxygens (including phenoxy) is 2. The molecule has 0 N–H and O–H groups in total. The van der Waals surface area contributed by atoms with Crippen molar-refractivity contribution in [2.45, 2.75) is 43.6 Å². The number of carbonyl (C=O) groups excluding carboxylic acids is 2. The standard InChI is InChI=1S/C22H30N2O4/c1-27-14-13-24-20(25)18-8-4-3-7-17(18)19(22(24)9-5-2-6-10-22)21(26)23-11-15-28-16-12-23/h3-4,7-8,19H,2,5-6,9-16H2,1H3/t19-/m0/s1. The summed E-state index contributed by atoms with van der Waals surface area (Å²) in [5, 5.41) is 0. The second kappa shape index (κ2) is 8.21. The third kappa shape index (κ3) is 3.22. The number of carbonyl (C=O) groups is 2. The van der Waals surface area contributed by atoms with Gasteiger partial charge in [-0.2, -0.15) is 0 Å². The number of hydrogen-bond acceptors (Lipinski definition) is 4. The fourth-order valence-corrected chi connectivity index (χ4v) is 5.29. The fourth-order valence-electron chi connectivity index (χ4n) is 5.29. The van der Waals surface area contributed by atoms with E-state index in [2.05, 4.69) is 0 Å².